The maximum atomic E-state index is 12.1. The highest BCUT2D eigenvalue weighted by Gasteiger charge is 2.22. The van der Waals surface area contributed by atoms with Crippen molar-refractivity contribution in [1.82, 2.24) is 4.72 Å². The molecule has 0 bridgehead atoms. The van der Waals surface area contributed by atoms with Crippen LogP contribution in [-0.4, -0.2) is 22.1 Å². The monoisotopic (exact) mass is 269 g/mol. The number of sulfonamides is 1. The number of rotatable bonds is 4. The molecule has 5 heteroatoms. The van der Waals surface area contributed by atoms with Crippen molar-refractivity contribution in [2.75, 3.05) is 13.7 Å². The van der Waals surface area contributed by atoms with Gasteiger partial charge in [0.15, 0.2) is 0 Å². The summed E-state index contributed by atoms with van der Waals surface area (Å²) >= 11 is 0. The Balaban J connectivity index is 2.52. The van der Waals surface area contributed by atoms with Crippen molar-refractivity contribution in [2.45, 2.75) is 37.5 Å². The topological polar surface area (TPSA) is 55.4 Å². The van der Waals surface area contributed by atoms with Crippen LogP contribution < -0.4 is 9.46 Å². The molecule has 0 heterocycles. The highest BCUT2D eigenvalue weighted by molar-refractivity contribution is 7.89. The van der Waals surface area contributed by atoms with Gasteiger partial charge in [-0.3, -0.25) is 0 Å². The minimum absolute atomic E-state index is 0.257. The number of benzene rings is 1. The third-order valence-corrected chi connectivity index (χ3v) is 4.82. The lowest BCUT2D eigenvalue weighted by Gasteiger charge is -2.19. The first-order chi connectivity index (χ1) is 8.58. The number of hydrogen-bond acceptors (Lipinski definition) is 3. The molecule has 1 N–H and O–H groups in total. The molecule has 0 atom stereocenters. The van der Waals surface area contributed by atoms with E-state index < -0.39 is 10.0 Å². The zero-order valence-electron chi connectivity index (χ0n) is 10.8. The van der Waals surface area contributed by atoms with E-state index in [0.717, 1.165) is 31.2 Å². The largest absolute Gasteiger partial charge is 0.495 e. The van der Waals surface area contributed by atoms with Crippen molar-refractivity contribution in [1.29, 1.82) is 0 Å². The molecular formula is C13H19NO3S. The van der Waals surface area contributed by atoms with Crippen LogP contribution in [0.2, 0.25) is 0 Å². The van der Waals surface area contributed by atoms with Crippen LogP contribution in [0.4, 0.5) is 0 Å². The second kappa shape index (κ2) is 5.28. The van der Waals surface area contributed by atoms with E-state index in [4.69, 9.17) is 4.74 Å². The first kappa shape index (κ1) is 13.4. The predicted molar refractivity (Wildman–Crippen MR) is 70.5 cm³/mol. The molecule has 1 aliphatic rings. The molecule has 0 spiro atoms. The normalized spacial score (nSPS) is 15.2. The lowest BCUT2D eigenvalue weighted by molar-refractivity contribution is 0.401. The van der Waals surface area contributed by atoms with Gasteiger partial charge in [-0.05, 0) is 48.9 Å². The predicted octanol–water partition coefficient (Wildman–Crippen LogP) is 1.87. The van der Waals surface area contributed by atoms with Gasteiger partial charge in [-0.1, -0.05) is 6.92 Å². The molecule has 0 radical (unpaired) electrons. The van der Waals surface area contributed by atoms with E-state index in [-0.39, 0.29) is 4.90 Å². The summed E-state index contributed by atoms with van der Waals surface area (Å²) in [5.41, 5.74) is 2.35. The number of fused-ring (bicyclic) bond motifs is 1. The van der Waals surface area contributed by atoms with Crippen LogP contribution in [0.15, 0.2) is 17.0 Å². The van der Waals surface area contributed by atoms with Gasteiger partial charge in [-0.25, -0.2) is 13.1 Å². The van der Waals surface area contributed by atoms with E-state index in [1.165, 1.54) is 12.7 Å². The van der Waals surface area contributed by atoms with Gasteiger partial charge in [0.25, 0.3) is 0 Å². The second-order valence-electron chi connectivity index (χ2n) is 4.48. The molecule has 1 aromatic rings. The Morgan fingerprint density at radius 2 is 1.83 bits per heavy atom. The maximum Gasteiger partial charge on any atom is 0.244 e. The zero-order valence-corrected chi connectivity index (χ0v) is 11.6. The van der Waals surface area contributed by atoms with Gasteiger partial charge >= 0.3 is 0 Å². The standard InChI is InChI=1S/C13H19NO3S/c1-3-14-18(15,16)13-9-11-7-5-4-6-10(11)8-12(13)17-2/h8-9,14H,3-7H2,1-2H3. The van der Waals surface area contributed by atoms with Crippen molar-refractivity contribution >= 4 is 10.0 Å². The molecule has 1 aromatic carbocycles. The smallest absolute Gasteiger partial charge is 0.244 e. The van der Waals surface area contributed by atoms with Gasteiger partial charge in [0.05, 0.1) is 7.11 Å². The molecule has 0 fully saturated rings. The third-order valence-electron chi connectivity index (χ3n) is 3.25. The van der Waals surface area contributed by atoms with Crippen LogP contribution >= 0.6 is 0 Å². The Kier molecular flexibility index (Phi) is 3.92. The molecule has 0 amide bonds. The summed E-state index contributed by atoms with van der Waals surface area (Å²) in [5, 5.41) is 0. The number of nitrogens with one attached hydrogen (secondary N) is 1. The molecule has 100 valence electrons. The lowest BCUT2D eigenvalue weighted by atomic mass is 9.92. The van der Waals surface area contributed by atoms with E-state index >= 15 is 0 Å². The number of methoxy groups -OCH3 is 1. The molecule has 1 aliphatic carbocycles. The van der Waals surface area contributed by atoms with E-state index in [9.17, 15) is 8.42 Å². The van der Waals surface area contributed by atoms with Crippen LogP contribution in [-0.2, 0) is 22.9 Å². The summed E-state index contributed by atoms with van der Waals surface area (Å²) in [6, 6.07) is 3.64. The number of aryl methyl sites for hydroxylation is 2. The molecule has 0 saturated heterocycles. The van der Waals surface area contributed by atoms with Crippen molar-refractivity contribution in [3.05, 3.63) is 23.3 Å². The molecule has 0 aromatic heterocycles. The highest BCUT2D eigenvalue weighted by Crippen LogP contribution is 2.31. The Bertz CT molecular complexity index is 537. The minimum Gasteiger partial charge on any atom is -0.495 e. The van der Waals surface area contributed by atoms with E-state index in [0.29, 0.717) is 12.3 Å². The van der Waals surface area contributed by atoms with Gasteiger partial charge in [0.2, 0.25) is 10.0 Å². The number of hydrogen-bond donors (Lipinski definition) is 1. The Hall–Kier alpha value is -1.07. The van der Waals surface area contributed by atoms with Gasteiger partial charge in [0.1, 0.15) is 10.6 Å². The average molecular weight is 269 g/mol. The summed E-state index contributed by atoms with van der Waals surface area (Å²) in [7, 11) is -1.95. The van der Waals surface area contributed by atoms with Crippen LogP contribution in [0.1, 0.15) is 30.9 Å². The van der Waals surface area contributed by atoms with Crippen molar-refractivity contribution in [2.24, 2.45) is 0 Å². The van der Waals surface area contributed by atoms with Gasteiger partial charge in [-0.15, -0.1) is 0 Å². The Labute approximate surface area is 108 Å². The van der Waals surface area contributed by atoms with Crippen LogP contribution in [0.5, 0.6) is 5.75 Å². The number of ether oxygens (including phenoxy) is 1. The summed E-state index contributed by atoms with van der Waals surface area (Å²) in [6.07, 6.45) is 4.25. The SMILES string of the molecule is CCNS(=O)(=O)c1cc2c(cc1OC)CCCC2. The first-order valence-corrected chi connectivity index (χ1v) is 7.76. The molecule has 2 rings (SSSR count). The molecule has 0 aliphatic heterocycles. The first-order valence-electron chi connectivity index (χ1n) is 6.28. The molecule has 0 saturated carbocycles. The lowest BCUT2D eigenvalue weighted by Crippen LogP contribution is -2.24. The Morgan fingerprint density at radius 1 is 1.22 bits per heavy atom. The molecular weight excluding hydrogens is 250 g/mol. The summed E-state index contributed by atoms with van der Waals surface area (Å²) in [4.78, 5) is 0.257. The fourth-order valence-corrected chi connectivity index (χ4v) is 3.62. The summed E-state index contributed by atoms with van der Waals surface area (Å²) in [6.45, 7) is 2.14. The van der Waals surface area contributed by atoms with Crippen molar-refractivity contribution in [3.8, 4) is 5.75 Å². The molecule has 18 heavy (non-hydrogen) atoms. The van der Waals surface area contributed by atoms with Gasteiger partial charge in [0, 0.05) is 6.54 Å². The molecule has 4 nitrogen and oxygen atoms in total. The maximum absolute atomic E-state index is 12.1. The van der Waals surface area contributed by atoms with Crippen molar-refractivity contribution in [3.63, 3.8) is 0 Å². The van der Waals surface area contributed by atoms with Crippen LogP contribution in [0.3, 0.4) is 0 Å². The fraction of sp³-hybridized carbons (Fsp3) is 0.538. The summed E-state index contributed by atoms with van der Waals surface area (Å²) in [5.74, 6) is 0.441. The second-order valence-corrected chi connectivity index (χ2v) is 6.22. The fourth-order valence-electron chi connectivity index (χ4n) is 2.38. The summed E-state index contributed by atoms with van der Waals surface area (Å²) < 4.78 is 31.9. The van der Waals surface area contributed by atoms with Gasteiger partial charge < -0.3 is 4.74 Å². The van der Waals surface area contributed by atoms with E-state index in [1.807, 2.05) is 6.07 Å². The average Bonchev–Trinajstić information content (AvgIpc) is 2.37. The van der Waals surface area contributed by atoms with Crippen molar-refractivity contribution < 1.29 is 13.2 Å². The Morgan fingerprint density at radius 3 is 2.39 bits per heavy atom. The van der Waals surface area contributed by atoms with E-state index in [2.05, 4.69) is 4.72 Å². The highest BCUT2D eigenvalue weighted by atomic mass is 32.2. The van der Waals surface area contributed by atoms with Crippen LogP contribution in [0, 0.1) is 0 Å². The quantitative estimate of drug-likeness (QED) is 0.908. The van der Waals surface area contributed by atoms with Gasteiger partial charge in [-0.2, -0.15) is 0 Å². The third kappa shape index (κ3) is 2.52. The minimum atomic E-state index is -3.46. The molecule has 0 unspecified atom stereocenters. The van der Waals surface area contributed by atoms with Crippen LogP contribution in [0.25, 0.3) is 0 Å². The zero-order chi connectivity index (χ0) is 13.2. The van der Waals surface area contributed by atoms with E-state index in [1.54, 1.807) is 13.0 Å².